The number of nitrogens with zero attached hydrogens (tertiary/aromatic N) is 2. The van der Waals surface area contributed by atoms with Crippen LogP contribution in [-0.4, -0.2) is 73.6 Å². The molecule has 7 heteroatoms. The second-order valence-corrected chi connectivity index (χ2v) is 7.59. The van der Waals surface area contributed by atoms with Gasteiger partial charge in [-0.05, 0) is 31.6 Å². The highest BCUT2D eigenvalue weighted by Crippen LogP contribution is 2.24. The Bertz CT molecular complexity index is 441. The normalized spacial score (nSPS) is 26.2. The van der Waals surface area contributed by atoms with Crippen molar-refractivity contribution < 1.29 is 14.3 Å². The zero-order valence-electron chi connectivity index (χ0n) is 15.2. The molecule has 1 atom stereocenters. The lowest BCUT2D eigenvalue weighted by Gasteiger charge is -2.37. The van der Waals surface area contributed by atoms with Gasteiger partial charge in [-0.3, -0.25) is 9.59 Å². The van der Waals surface area contributed by atoms with E-state index in [0.29, 0.717) is 32.0 Å². The minimum Gasteiger partial charge on any atom is -0.378 e. The second-order valence-electron chi connectivity index (χ2n) is 7.59. The number of carbonyl (C=O) groups is 2. The Kier molecular flexibility index (Phi) is 7.97. The number of morpholine rings is 1. The quantitative estimate of drug-likeness (QED) is 0.809. The number of piperidine rings is 2. The number of halogens is 1. The van der Waals surface area contributed by atoms with Crippen LogP contribution in [0.4, 0.5) is 0 Å². The van der Waals surface area contributed by atoms with Gasteiger partial charge in [-0.15, -0.1) is 12.4 Å². The number of hydrogen-bond acceptors (Lipinski definition) is 4. The van der Waals surface area contributed by atoms with E-state index in [1.807, 2.05) is 9.80 Å². The van der Waals surface area contributed by atoms with E-state index in [-0.39, 0.29) is 30.3 Å². The smallest absolute Gasteiger partial charge is 0.225 e. The molecule has 3 saturated heterocycles. The van der Waals surface area contributed by atoms with Crippen molar-refractivity contribution in [2.45, 2.75) is 45.1 Å². The average Bonchev–Trinajstić information content (AvgIpc) is 2.63. The number of likely N-dealkylation sites (tertiary alicyclic amines) is 2. The zero-order valence-corrected chi connectivity index (χ0v) is 16.1. The summed E-state index contributed by atoms with van der Waals surface area (Å²) in [6, 6.07) is 0.140. The Morgan fingerprint density at radius 3 is 2.28 bits per heavy atom. The molecule has 3 rings (SSSR count). The van der Waals surface area contributed by atoms with Crippen molar-refractivity contribution in [1.29, 1.82) is 0 Å². The predicted molar refractivity (Wildman–Crippen MR) is 98.8 cm³/mol. The fourth-order valence-corrected chi connectivity index (χ4v) is 3.95. The molecular formula is C18H32ClN3O3. The molecule has 0 radical (unpaired) electrons. The lowest BCUT2D eigenvalue weighted by molar-refractivity contribution is -0.142. The second kappa shape index (κ2) is 9.74. The molecule has 0 aliphatic carbocycles. The lowest BCUT2D eigenvalue weighted by atomic mass is 9.92. The molecule has 3 heterocycles. The summed E-state index contributed by atoms with van der Waals surface area (Å²) in [7, 11) is 0. The number of nitrogens with one attached hydrogen (secondary N) is 1. The van der Waals surface area contributed by atoms with E-state index in [1.54, 1.807) is 0 Å². The minimum atomic E-state index is 0. The van der Waals surface area contributed by atoms with E-state index in [4.69, 9.17) is 4.74 Å². The molecule has 0 saturated carbocycles. The van der Waals surface area contributed by atoms with Crippen molar-refractivity contribution in [2.75, 3.05) is 45.9 Å². The van der Waals surface area contributed by atoms with Gasteiger partial charge in [-0.1, -0.05) is 6.92 Å². The highest BCUT2D eigenvalue weighted by atomic mass is 35.5. The van der Waals surface area contributed by atoms with Gasteiger partial charge in [0.1, 0.15) is 0 Å². The summed E-state index contributed by atoms with van der Waals surface area (Å²) < 4.78 is 5.41. The number of amides is 2. The van der Waals surface area contributed by atoms with E-state index in [9.17, 15) is 9.59 Å². The van der Waals surface area contributed by atoms with Crippen LogP contribution in [0.1, 0.15) is 39.0 Å². The van der Waals surface area contributed by atoms with Crippen LogP contribution in [0, 0.1) is 11.8 Å². The molecule has 2 amide bonds. The van der Waals surface area contributed by atoms with Crippen LogP contribution in [0.2, 0.25) is 0 Å². The molecule has 0 aromatic rings. The lowest BCUT2D eigenvalue weighted by Crippen LogP contribution is -2.48. The topological polar surface area (TPSA) is 61.9 Å². The summed E-state index contributed by atoms with van der Waals surface area (Å²) in [4.78, 5) is 29.0. The van der Waals surface area contributed by atoms with E-state index in [0.717, 1.165) is 57.8 Å². The average molecular weight is 374 g/mol. The fraction of sp³-hybridized carbons (Fsp3) is 0.889. The van der Waals surface area contributed by atoms with Crippen LogP contribution >= 0.6 is 12.4 Å². The molecule has 1 unspecified atom stereocenters. The monoisotopic (exact) mass is 373 g/mol. The van der Waals surface area contributed by atoms with Gasteiger partial charge in [-0.25, -0.2) is 0 Å². The van der Waals surface area contributed by atoms with Gasteiger partial charge >= 0.3 is 0 Å². The number of rotatable bonds is 3. The van der Waals surface area contributed by atoms with Crippen molar-refractivity contribution in [2.24, 2.45) is 11.8 Å². The summed E-state index contributed by atoms with van der Waals surface area (Å²) in [6.07, 6.45) is 4.37. The third kappa shape index (κ3) is 5.56. The van der Waals surface area contributed by atoms with E-state index >= 15 is 0 Å². The van der Waals surface area contributed by atoms with Crippen molar-refractivity contribution in [3.63, 3.8) is 0 Å². The summed E-state index contributed by atoms with van der Waals surface area (Å²) in [5.74, 6) is 1.36. The maximum absolute atomic E-state index is 12.6. The van der Waals surface area contributed by atoms with Crippen molar-refractivity contribution in [3.8, 4) is 0 Å². The molecule has 6 nitrogen and oxygen atoms in total. The third-order valence-electron chi connectivity index (χ3n) is 5.71. The van der Waals surface area contributed by atoms with Gasteiger partial charge < -0.3 is 19.9 Å². The van der Waals surface area contributed by atoms with Gasteiger partial charge in [0.2, 0.25) is 11.8 Å². The van der Waals surface area contributed by atoms with Gasteiger partial charge in [0, 0.05) is 51.1 Å². The Hall–Kier alpha value is -0.850. The number of ether oxygens (including phenoxy) is 1. The largest absolute Gasteiger partial charge is 0.378 e. The Labute approximate surface area is 157 Å². The Balaban J connectivity index is 0.00000225. The molecular weight excluding hydrogens is 342 g/mol. The highest BCUT2D eigenvalue weighted by molar-refractivity contribution is 5.85. The van der Waals surface area contributed by atoms with Crippen LogP contribution < -0.4 is 5.32 Å². The van der Waals surface area contributed by atoms with Crippen molar-refractivity contribution in [3.05, 3.63) is 0 Å². The van der Waals surface area contributed by atoms with Crippen LogP contribution in [-0.2, 0) is 14.3 Å². The predicted octanol–water partition coefficient (Wildman–Crippen LogP) is 1.28. The van der Waals surface area contributed by atoms with Crippen LogP contribution in [0.15, 0.2) is 0 Å². The first kappa shape index (κ1) is 20.5. The van der Waals surface area contributed by atoms with Gasteiger partial charge in [0.15, 0.2) is 0 Å². The number of hydrogen-bond donors (Lipinski definition) is 1. The van der Waals surface area contributed by atoms with Gasteiger partial charge in [0.25, 0.3) is 0 Å². The maximum atomic E-state index is 12.6. The van der Waals surface area contributed by atoms with Crippen LogP contribution in [0.25, 0.3) is 0 Å². The summed E-state index contributed by atoms with van der Waals surface area (Å²) in [5, 5.41) is 3.33. The van der Waals surface area contributed by atoms with Gasteiger partial charge in [-0.2, -0.15) is 0 Å². The van der Waals surface area contributed by atoms with Gasteiger partial charge in [0.05, 0.1) is 13.2 Å². The molecule has 3 aliphatic rings. The fourth-order valence-electron chi connectivity index (χ4n) is 3.95. The molecule has 0 bridgehead atoms. The van der Waals surface area contributed by atoms with E-state index in [2.05, 4.69) is 12.2 Å². The molecule has 0 aromatic carbocycles. The third-order valence-corrected chi connectivity index (χ3v) is 5.71. The first-order valence-corrected chi connectivity index (χ1v) is 9.51. The standard InChI is InChI=1S/C18H31N3O3.ClH/c1-14-2-7-21(8-3-14)18(23)15-4-9-20(10-5-15)17(22)12-16-13-24-11-6-19-16;/h14-16,19H,2-13H2,1H3;1H. The van der Waals surface area contributed by atoms with Crippen molar-refractivity contribution in [1.82, 2.24) is 15.1 Å². The zero-order chi connectivity index (χ0) is 16.9. The minimum absolute atomic E-state index is 0. The first-order chi connectivity index (χ1) is 11.6. The highest BCUT2D eigenvalue weighted by Gasteiger charge is 2.32. The van der Waals surface area contributed by atoms with Crippen molar-refractivity contribution >= 4 is 24.2 Å². The Morgan fingerprint density at radius 1 is 1.04 bits per heavy atom. The summed E-state index contributed by atoms with van der Waals surface area (Å²) >= 11 is 0. The summed E-state index contributed by atoms with van der Waals surface area (Å²) in [6.45, 7) is 7.68. The van der Waals surface area contributed by atoms with Crippen LogP contribution in [0.3, 0.4) is 0 Å². The maximum Gasteiger partial charge on any atom is 0.225 e. The molecule has 144 valence electrons. The molecule has 0 aromatic heterocycles. The molecule has 3 aliphatic heterocycles. The number of carbonyl (C=O) groups excluding carboxylic acids is 2. The van der Waals surface area contributed by atoms with E-state index in [1.165, 1.54) is 0 Å². The molecule has 0 spiro atoms. The summed E-state index contributed by atoms with van der Waals surface area (Å²) in [5.41, 5.74) is 0. The van der Waals surface area contributed by atoms with Crippen LogP contribution in [0.5, 0.6) is 0 Å². The SMILES string of the molecule is CC1CCN(C(=O)C2CCN(C(=O)CC3COCCN3)CC2)CC1.Cl. The van der Waals surface area contributed by atoms with E-state index < -0.39 is 0 Å². The Morgan fingerprint density at radius 2 is 1.68 bits per heavy atom. The first-order valence-electron chi connectivity index (χ1n) is 9.51. The molecule has 25 heavy (non-hydrogen) atoms. The molecule has 3 fully saturated rings. The molecule has 1 N–H and O–H groups in total.